The van der Waals surface area contributed by atoms with E-state index in [2.05, 4.69) is 40.2 Å². The average Bonchev–Trinajstić information content (AvgIpc) is 3.67. The number of benzene rings is 6. The van der Waals surface area contributed by atoms with Crippen molar-refractivity contribution in [2.45, 2.75) is 10.1 Å². The predicted octanol–water partition coefficient (Wildman–Crippen LogP) is 11.2. The van der Waals surface area contributed by atoms with E-state index < -0.39 is 17.1 Å². The van der Waals surface area contributed by atoms with Crippen LogP contribution in [0, 0.1) is 0 Å². The van der Waals surface area contributed by atoms with Gasteiger partial charge in [0.25, 0.3) is 11.8 Å². The molecule has 0 aliphatic heterocycles. The number of fused-ring (bicyclic) bond motifs is 1. The number of aromatic nitrogens is 1. The van der Waals surface area contributed by atoms with Gasteiger partial charge in [0.05, 0.1) is 5.69 Å². The summed E-state index contributed by atoms with van der Waals surface area (Å²) in [7, 11) is 0. The molecule has 1 aromatic heterocycles. The zero-order valence-corrected chi connectivity index (χ0v) is 31.5. The number of carbonyl (C=O) groups excluding carboxylic acids is 3. The summed E-state index contributed by atoms with van der Waals surface area (Å²) in [5, 5.41) is 13.5. The van der Waals surface area contributed by atoms with Crippen molar-refractivity contribution in [1.29, 1.82) is 0 Å². The Hall–Kier alpha value is -5.71. The maximum atomic E-state index is 13.8. The number of anilines is 2. The van der Waals surface area contributed by atoms with E-state index in [1.807, 2.05) is 66.0 Å². The van der Waals surface area contributed by atoms with Gasteiger partial charge in [-0.2, -0.15) is 0 Å². The quantitative estimate of drug-likeness (QED) is 0.0896. The Labute approximate surface area is 330 Å². The van der Waals surface area contributed by atoms with Crippen LogP contribution in [0.5, 0.6) is 0 Å². The highest BCUT2D eigenvalue weighted by Gasteiger charge is 2.24. The molecular weight excluding hydrogens is 756 g/mol. The van der Waals surface area contributed by atoms with Gasteiger partial charge < -0.3 is 16.0 Å². The third-order valence-corrected chi connectivity index (χ3v) is 10.9. The fourth-order valence-corrected chi connectivity index (χ4v) is 7.76. The molecule has 0 aliphatic carbocycles. The highest BCUT2D eigenvalue weighted by Crippen LogP contribution is 2.37. The lowest BCUT2D eigenvalue weighted by atomic mass is 10.1. The van der Waals surface area contributed by atoms with E-state index in [0.29, 0.717) is 32.0 Å². The number of hydrogen-bond donors (Lipinski definition) is 3. The molecular formula is C43H30Cl2N4O3S2. The van der Waals surface area contributed by atoms with E-state index in [-0.39, 0.29) is 11.6 Å². The Morgan fingerprint density at radius 2 is 1.43 bits per heavy atom. The van der Waals surface area contributed by atoms with Crippen molar-refractivity contribution in [3.63, 3.8) is 0 Å². The molecule has 7 nitrogen and oxygen atoms in total. The van der Waals surface area contributed by atoms with Gasteiger partial charge in [-0.15, -0.1) is 23.1 Å². The van der Waals surface area contributed by atoms with Crippen molar-refractivity contribution in [3.8, 4) is 11.3 Å². The Balaban J connectivity index is 1.06. The molecule has 266 valence electrons. The molecule has 0 radical (unpaired) electrons. The minimum absolute atomic E-state index is 0.0155. The highest BCUT2D eigenvalue weighted by molar-refractivity contribution is 8.00. The second kappa shape index (κ2) is 17.0. The summed E-state index contributed by atoms with van der Waals surface area (Å²) in [6.45, 7) is 0. The van der Waals surface area contributed by atoms with Gasteiger partial charge in [-0.25, -0.2) is 4.98 Å². The van der Waals surface area contributed by atoms with E-state index in [1.165, 1.54) is 29.2 Å². The second-order valence-electron chi connectivity index (χ2n) is 12.0. The van der Waals surface area contributed by atoms with Gasteiger partial charge in [-0.3, -0.25) is 14.4 Å². The number of thiazole rings is 1. The minimum Gasteiger partial charge on any atom is -0.321 e. The van der Waals surface area contributed by atoms with E-state index >= 15 is 0 Å². The van der Waals surface area contributed by atoms with Gasteiger partial charge in [0.15, 0.2) is 5.13 Å². The Bertz CT molecular complexity index is 2490. The van der Waals surface area contributed by atoms with Gasteiger partial charge in [0.2, 0.25) is 5.91 Å². The first-order valence-corrected chi connectivity index (χ1v) is 19.2. The number of nitrogens with one attached hydrogen (secondary N) is 3. The predicted molar refractivity (Wildman–Crippen MR) is 222 cm³/mol. The van der Waals surface area contributed by atoms with Gasteiger partial charge >= 0.3 is 0 Å². The van der Waals surface area contributed by atoms with Crippen LogP contribution in [0.25, 0.3) is 28.1 Å². The summed E-state index contributed by atoms with van der Waals surface area (Å²) in [6, 6.07) is 44.5. The van der Waals surface area contributed by atoms with Crippen LogP contribution in [0.1, 0.15) is 26.7 Å². The summed E-state index contributed by atoms with van der Waals surface area (Å²) in [5.41, 5.74) is 3.94. The van der Waals surface area contributed by atoms with Crippen molar-refractivity contribution in [2.75, 3.05) is 10.6 Å². The molecule has 0 saturated carbocycles. The van der Waals surface area contributed by atoms with E-state index in [9.17, 15) is 14.4 Å². The fourth-order valence-electron chi connectivity index (χ4n) is 5.55. The van der Waals surface area contributed by atoms with Crippen molar-refractivity contribution < 1.29 is 14.4 Å². The van der Waals surface area contributed by atoms with E-state index in [1.54, 1.807) is 60.7 Å². The van der Waals surface area contributed by atoms with Crippen LogP contribution in [-0.2, 0) is 9.59 Å². The standard InChI is InChI=1S/C43H30Cl2N4O3S2/c44-33-18-17-31(36(45)25-33)24-37(47-40(50)29-12-5-2-6-13-29)41(51)46-34-19-21-35(22-20-34)54-39(28-10-3-1-4-11-28)42(52)49-43-48-38(26-53-43)32-16-15-27-9-7-8-14-30(27)23-32/h1-26,39H,(H,46,51)(H,47,50)(H,48,49,52)/b37-24-. The molecule has 11 heteroatoms. The van der Waals surface area contributed by atoms with Crippen molar-refractivity contribution >= 4 is 91.7 Å². The zero-order chi connectivity index (χ0) is 37.4. The maximum Gasteiger partial charge on any atom is 0.272 e. The number of hydrogen-bond acceptors (Lipinski definition) is 6. The topological polar surface area (TPSA) is 100 Å². The summed E-state index contributed by atoms with van der Waals surface area (Å²) in [4.78, 5) is 46.0. The normalized spacial score (nSPS) is 11.9. The lowest BCUT2D eigenvalue weighted by Gasteiger charge is -2.17. The summed E-state index contributed by atoms with van der Waals surface area (Å²) >= 11 is 15.2. The monoisotopic (exact) mass is 784 g/mol. The number of rotatable bonds is 11. The lowest BCUT2D eigenvalue weighted by Crippen LogP contribution is -2.30. The van der Waals surface area contributed by atoms with Crippen molar-refractivity contribution in [2.24, 2.45) is 0 Å². The number of halogens is 2. The number of carbonyl (C=O) groups is 3. The number of thioether (sulfide) groups is 1. The van der Waals surface area contributed by atoms with Crippen LogP contribution in [0.3, 0.4) is 0 Å². The molecule has 54 heavy (non-hydrogen) atoms. The first kappa shape index (κ1) is 36.6. The molecule has 1 atom stereocenters. The van der Waals surface area contributed by atoms with Crippen molar-refractivity contribution in [1.82, 2.24) is 10.3 Å². The van der Waals surface area contributed by atoms with Crippen LogP contribution < -0.4 is 16.0 Å². The smallest absolute Gasteiger partial charge is 0.272 e. The van der Waals surface area contributed by atoms with Gasteiger partial charge in [0.1, 0.15) is 10.9 Å². The van der Waals surface area contributed by atoms with E-state index in [0.717, 1.165) is 32.5 Å². The third-order valence-electron chi connectivity index (χ3n) is 8.28. The van der Waals surface area contributed by atoms with Gasteiger partial charge in [0, 0.05) is 37.1 Å². The van der Waals surface area contributed by atoms with Crippen LogP contribution >= 0.6 is 46.3 Å². The first-order chi connectivity index (χ1) is 26.3. The molecule has 7 aromatic rings. The molecule has 0 fully saturated rings. The van der Waals surface area contributed by atoms with Crippen LogP contribution in [-0.4, -0.2) is 22.7 Å². The van der Waals surface area contributed by atoms with Crippen molar-refractivity contribution in [3.05, 3.63) is 183 Å². The summed E-state index contributed by atoms with van der Waals surface area (Å²) in [6.07, 6.45) is 1.50. The summed E-state index contributed by atoms with van der Waals surface area (Å²) < 4.78 is 0. The second-order valence-corrected chi connectivity index (χ2v) is 14.9. The molecule has 1 unspecified atom stereocenters. The third kappa shape index (κ3) is 9.07. The molecule has 0 aliphatic rings. The molecule has 1 heterocycles. The average molecular weight is 786 g/mol. The first-order valence-electron chi connectivity index (χ1n) is 16.7. The molecule has 0 spiro atoms. The zero-order valence-electron chi connectivity index (χ0n) is 28.3. The van der Waals surface area contributed by atoms with E-state index in [4.69, 9.17) is 28.2 Å². The number of nitrogens with zero attached hydrogens (tertiary/aromatic N) is 1. The Kier molecular flexibility index (Phi) is 11.5. The van der Waals surface area contributed by atoms with Gasteiger partial charge in [-0.1, -0.05) is 114 Å². The SMILES string of the molecule is O=C(Nc1ccc(SC(C(=O)Nc2nc(-c3ccc4ccccc4c3)cs2)c2ccccc2)cc1)/C(=C/c1ccc(Cl)cc1Cl)NC(=O)c1ccccc1. The minimum atomic E-state index is -0.591. The van der Waals surface area contributed by atoms with Crippen LogP contribution in [0.2, 0.25) is 10.0 Å². The van der Waals surface area contributed by atoms with Gasteiger partial charge in [-0.05, 0) is 82.6 Å². The number of amides is 3. The molecule has 3 N–H and O–H groups in total. The molecule has 0 saturated heterocycles. The Morgan fingerprint density at radius 3 is 2.17 bits per heavy atom. The molecule has 0 bridgehead atoms. The summed E-state index contributed by atoms with van der Waals surface area (Å²) in [5.74, 6) is -1.23. The maximum absolute atomic E-state index is 13.8. The highest BCUT2D eigenvalue weighted by atomic mass is 35.5. The Morgan fingerprint density at radius 1 is 0.722 bits per heavy atom. The van der Waals surface area contributed by atoms with Crippen LogP contribution in [0.15, 0.2) is 162 Å². The fraction of sp³-hybridized carbons (Fsp3) is 0.0233. The largest absolute Gasteiger partial charge is 0.321 e. The van der Waals surface area contributed by atoms with Crippen LogP contribution in [0.4, 0.5) is 10.8 Å². The molecule has 7 rings (SSSR count). The lowest BCUT2D eigenvalue weighted by molar-refractivity contribution is -0.116. The molecule has 3 amide bonds. The molecule has 6 aromatic carbocycles.